The molecule has 2 amide bonds. The Balaban J connectivity index is 1.37. The molecule has 0 aliphatic rings. The van der Waals surface area contributed by atoms with Crippen LogP contribution in [0.5, 0.6) is 5.75 Å². The van der Waals surface area contributed by atoms with Crippen molar-refractivity contribution < 1.29 is 14.3 Å². The zero-order chi connectivity index (χ0) is 19.5. The predicted molar refractivity (Wildman–Crippen MR) is 108 cm³/mol. The molecule has 4 N–H and O–H groups in total. The number of H-pyrrole nitrogens is 2. The molecule has 2 heterocycles. The van der Waals surface area contributed by atoms with Crippen LogP contribution in [0.15, 0.2) is 54.9 Å². The lowest BCUT2D eigenvalue weighted by Gasteiger charge is -2.07. The molecule has 28 heavy (non-hydrogen) atoms. The Labute approximate surface area is 161 Å². The highest BCUT2D eigenvalue weighted by atomic mass is 16.5. The highest BCUT2D eigenvalue weighted by Crippen LogP contribution is 2.24. The zero-order valence-electron chi connectivity index (χ0n) is 15.3. The van der Waals surface area contributed by atoms with Crippen LogP contribution in [0.2, 0.25) is 0 Å². The van der Waals surface area contributed by atoms with Crippen LogP contribution in [0, 0.1) is 0 Å². The van der Waals surface area contributed by atoms with E-state index in [1.54, 1.807) is 19.4 Å². The van der Waals surface area contributed by atoms with Gasteiger partial charge in [0.1, 0.15) is 5.75 Å². The van der Waals surface area contributed by atoms with Gasteiger partial charge in [-0.05, 0) is 48.4 Å². The number of methoxy groups -OCH3 is 1. The van der Waals surface area contributed by atoms with Crippen molar-refractivity contribution in [2.45, 2.75) is 6.42 Å². The molecule has 0 unspecified atom stereocenters. The molecule has 142 valence electrons. The molecule has 0 spiro atoms. The van der Waals surface area contributed by atoms with Crippen molar-refractivity contribution >= 4 is 39.3 Å². The number of benzene rings is 2. The minimum absolute atomic E-state index is 0.352. The van der Waals surface area contributed by atoms with Gasteiger partial charge in [0.2, 0.25) is 0 Å². The number of hydrogen-bond acceptors (Lipinski definition) is 3. The third kappa shape index (κ3) is 3.42. The molecule has 0 aliphatic carbocycles. The molecule has 4 aromatic rings. The Morgan fingerprint density at radius 3 is 2.71 bits per heavy atom. The van der Waals surface area contributed by atoms with E-state index in [2.05, 4.69) is 20.6 Å². The van der Waals surface area contributed by atoms with Gasteiger partial charge < -0.3 is 25.3 Å². The summed E-state index contributed by atoms with van der Waals surface area (Å²) in [6.45, 7) is 0.352. The third-order valence-corrected chi connectivity index (χ3v) is 4.70. The number of ether oxygens (including phenoxy) is 1. The maximum absolute atomic E-state index is 12.2. The third-order valence-electron chi connectivity index (χ3n) is 4.70. The summed E-state index contributed by atoms with van der Waals surface area (Å²) in [7, 11) is 1.63. The van der Waals surface area contributed by atoms with Crippen molar-refractivity contribution in [2.24, 2.45) is 0 Å². The van der Waals surface area contributed by atoms with Crippen LogP contribution in [0.3, 0.4) is 0 Å². The second-order valence-electron chi connectivity index (χ2n) is 6.43. The van der Waals surface area contributed by atoms with Crippen molar-refractivity contribution in [3.05, 3.63) is 60.4 Å². The number of aromatic nitrogens is 2. The Morgan fingerprint density at radius 1 is 1.00 bits per heavy atom. The quantitative estimate of drug-likeness (QED) is 0.403. The molecule has 0 saturated carbocycles. The van der Waals surface area contributed by atoms with Gasteiger partial charge >= 0.3 is 11.8 Å². The second-order valence-corrected chi connectivity index (χ2v) is 6.43. The summed E-state index contributed by atoms with van der Waals surface area (Å²) in [4.78, 5) is 30.6. The number of carbonyl (C=O) groups is 2. The molecule has 7 nitrogen and oxygen atoms in total. The normalized spacial score (nSPS) is 10.9. The van der Waals surface area contributed by atoms with Crippen LogP contribution >= 0.6 is 0 Å². The number of fused-ring (bicyclic) bond motifs is 2. The van der Waals surface area contributed by atoms with E-state index in [1.165, 1.54) is 0 Å². The Kier molecular flexibility index (Phi) is 4.72. The van der Waals surface area contributed by atoms with Gasteiger partial charge in [-0.15, -0.1) is 0 Å². The molecule has 7 heteroatoms. The SMILES string of the molecule is COc1ccc2[nH]cc(CCNC(=O)C(=O)Nc3cccc4[nH]ccc34)c2c1. The lowest BCUT2D eigenvalue weighted by Crippen LogP contribution is -2.36. The molecule has 4 rings (SSSR count). The largest absolute Gasteiger partial charge is 0.497 e. The van der Waals surface area contributed by atoms with E-state index >= 15 is 0 Å². The maximum atomic E-state index is 12.2. The number of rotatable bonds is 5. The Hall–Kier alpha value is -3.74. The van der Waals surface area contributed by atoms with Gasteiger partial charge in [-0.25, -0.2) is 0 Å². The Bertz CT molecular complexity index is 1160. The van der Waals surface area contributed by atoms with E-state index in [9.17, 15) is 9.59 Å². The van der Waals surface area contributed by atoms with E-state index in [0.29, 0.717) is 18.7 Å². The van der Waals surface area contributed by atoms with Crippen LogP contribution in [-0.2, 0) is 16.0 Å². The van der Waals surface area contributed by atoms with E-state index in [0.717, 1.165) is 33.1 Å². The van der Waals surface area contributed by atoms with Crippen molar-refractivity contribution in [1.82, 2.24) is 15.3 Å². The maximum Gasteiger partial charge on any atom is 0.313 e. The topological polar surface area (TPSA) is 99.0 Å². The smallest absolute Gasteiger partial charge is 0.313 e. The summed E-state index contributed by atoms with van der Waals surface area (Å²) < 4.78 is 5.26. The van der Waals surface area contributed by atoms with Gasteiger partial charge in [0.25, 0.3) is 0 Å². The molecule has 2 aromatic heterocycles. The summed E-state index contributed by atoms with van der Waals surface area (Å²) >= 11 is 0. The number of aromatic amines is 2. The van der Waals surface area contributed by atoms with Crippen molar-refractivity contribution in [1.29, 1.82) is 0 Å². The fraction of sp³-hybridized carbons (Fsp3) is 0.143. The minimum atomic E-state index is -0.686. The van der Waals surface area contributed by atoms with E-state index < -0.39 is 11.8 Å². The van der Waals surface area contributed by atoms with Gasteiger partial charge in [0.05, 0.1) is 12.8 Å². The lowest BCUT2D eigenvalue weighted by atomic mass is 10.1. The summed E-state index contributed by atoms with van der Waals surface area (Å²) in [5, 5.41) is 7.23. The average Bonchev–Trinajstić information content (AvgIpc) is 3.35. The number of amides is 2. The summed E-state index contributed by atoms with van der Waals surface area (Å²) in [6, 6.07) is 13.1. The molecule has 0 bridgehead atoms. The van der Waals surface area contributed by atoms with Gasteiger partial charge in [0.15, 0.2) is 0 Å². The monoisotopic (exact) mass is 376 g/mol. The standard InChI is InChI=1S/C21H20N4O3/c1-28-14-5-6-18-16(11-14)13(12-24-18)7-9-23-20(26)21(27)25-19-4-2-3-17-15(19)8-10-22-17/h2-6,8,10-12,22,24H,7,9H2,1H3,(H,23,26)(H,25,27). The van der Waals surface area contributed by atoms with Crippen LogP contribution in [0.25, 0.3) is 21.8 Å². The number of carbonyl (C=O) groups excluding carboxylic acids is 2. The minimum Gasteiger partial charge on any atom is -0.497 e. The van der Waals surface area contributed by atoms with Crippen LogP contribution in [-0.4, -0.2) is 35.4 Å². The zero-order valence-corrected chi connectivity index (χ0v) is 15.3. The van der Waals surface area contributed by atoms with Crippen molar-refractivity contribution in [2.75, 3.05) is 19.0 Å². The first-order chi connectivity index (χ1) is 13.7. The fourth-order valence-corrected chi connectivity index (χ4v) is 3.26. The molecular weight excluding hydrogens is 356 g/mol. The molecule has 0 fully saturated rings. The number of anilines is 1. The molecule has 2 aromatic carbocycles. The van der Waals surface area contributed by atoms with Crippen LogP contribution < -0.4 is 15.4 Å². The van der Waals surface area contributed by atoms with Crippen LogP contribution in [0.1, 0.15) is 5.56 Å². The second kappa shape index (κ2) is 7.48. The highest BCUT2D eigenvalue weighted by Gasteiger charge is 2.15. The summed E-state index contributed by atoms with van der Waals surface area (Å²) in [5.74, 6) is -0.574. The molecule has 0 aliphatic heterocycles. The Morgan fingerprint density at radius 2 is 1.86 bits per heavy atom. The van der Waals surface area contributed by atoms with Crippen LogP contribution in [0.4, 0.5) is 5.69 Å². The van der Waals surface area contributed by atoms with Gasteiger partial charge in [-0.2, -0.15) is 0 Å². The molecule has 0 radical (unpaired) electrons. The summed E-state index contributed by atoms with van der Waals surface area (Å²) in [5.41, 5.74) is 3.54. The summed E-state index contributed by atoms with van der Waals surface area (Å²) in [6.07, 6.45) is 4.29. The molecule has 0 atom stereocenters. The van der Waals surface area contributed by atoms with E-state index in [1.807, 2.05) is 42.6 Å². The van der Waals surface area contributed by atoms with Crippen molar-refractivity contribution in [3.63, 3.8) is 0 Å². The first kappa shape index (κ1) is 17.7. The predicted octanol–water partition coefficient (Wildman–Crippen LogP) is 2.96. The lowest BCUT2D eigenvalue weighted by molar-refractivity contribution is -0.136. The van der Waals surface area contributed by atoms with Gasteiger partial charge in [-0.1, -0.05) is 6.07 Å². The number of hydrogen-bond donors (Lipinski definition) is 4. The van der Waals surface area contributed by atoms with Crippen molar-refractivity contribution in [3.8, 4) is 5.75 Å². The van der Waals surface area contributed by atoms with Gasteiger partial charge in [-0.3, -0.25) is 9.59 Å². The first-order valence-corrected chi connectivity index (χ1v) is 8.95. The van der Waals surface area contributed by atoms with Gasteiger partial charge in [0, 0.05) is 40.7 Å². The first-order valence-electron chi connectivity index (χ1n) is 8.95. The average molecular weight is 376 g/mol. The van der Waals surface area contributed by atoms with E-state index in [4.69, 9.17) is 4.74 Å². The fourth-order valence-electron chi connectivity index (χ4n) is 3.26. The molecular formula is C21H20N4O3. The van der Waals surface area contributed by atoms with E-state index in [-0.39, 0.29) is 0 Å². The molecule has 0 saturated heterocycles. The highest BCUT2D eigenvalue weighted by molar-refractivity contribution is 6.40. The number of nitrogens with one attached hydrogen (secondary N) is 4.